The van der Waals surface area contributed by atoms with E-state index in [1.54, 1.807) is 6.07 Å². The van der Waals surface area contributed by atoms with Crippen LogP contribution < -0.4 is 14.8 Å². The van der Waals surface area contributed by atoms with Gasteiger partial charge in [-0.3, -0.25) is 4.79 Å². The number of sulfone groups is 1. The zero-order chi connectivity index (χ0) is 21.1. The Labute approximate surface area is 175 Å². The van der Waals surface area contributed by atoms with Crippen LogP contribution in [0.15, 0.2) is 65.6 Å². The summed E-state index contributed by atoms with van der Waals surface area (Å²) >= 11 is 0. The number of hydrogen-bond donors (Lipinski definition) is 1. The summed E-state index contributed by atoms with van der Waals surface area (Å²) in [5.74, 6) is 0.360. The summed E-state index contributed by atoms with van der Waals surface area (Å²) in [6.07, 6.45) is -0.116. The Hall–Kier alpha value is -3.06. The molecule has 0 saturated carbocycles. The maximum Gasteiger partial charge on any atom is 0.221 e. The number of fused-ring (bicyclic) bond motifs is 2. The highest BCUT2D eigenvalue weighted by Crippen LogP contribution is 2.32. The number of benzene rings is 3. The van der Waals surface area contributed by atoms with Crippen LogP contribution in [0.2, 0.25) is 0 Å². The van der Waals surface area contributed by atoms with E-state index in [1.165, 1.54) is 12.1 Å². The third-order valence-electron chi connectivity index (χ3n) is 5.12. The molecule has 0 saturated heterocycles. The first-order valence-electron chi connectivity index (χ1n) is 9.83. The molecule has 1 N–H and O–H groups in total. The van der Waals surface area contributed by atoms with Crippen LogP contribution in [0.5, 0.6) is 11.5 Å². The Morgan fingerprint density at radius 3 is 2.50 bits per heavy atom. The van der Waals surface area contributed by atoms with Crippen LogP contribution in [0.3, 0.4) is 0 Å². The van der Waals surface area contributed by atoms with Crippen molar-refractivity contribution in [2.24, 2.45) is 0 Å². The molecule has 0 radical (unpaired) electrons. The molecule has 0 aliphatic carbocycles. The zero-order valence-electron chi connectivity index (χ0n) is 16.6. The Morgan fingerprint density at radius 2 is 1.70 bits per heavy atom. The molecule has 30 heavy (non-hydrogen) atoms. The Balaban J connectivity index is 1.38. The minimum Gasteiger partial charge on any atom is -0.486 e. The molecule has 0 spiro atoms. The SMILES string of the molecule is CC(NC(=O)CCS(=O)(=O)c1ccc2c(c1)OCCO2)c1ccc2ccccc2c1. The van der Waals surface area contributed by atoms with Crippen LogP contribution in [-0.2, 0) is 14.6 Å². The molecule has 3 aromatic rings. The first kappa shape index (κ1) is 20.2. The van der Waals surface area contributed by atoms with E-state index in [2.05, 4.69) is 5.32 Å². The first-order valence-corrected chi connectivity index (χ1v) is 11.5. The van der Waals surface area contributed by atoms with Gasteiger partial charge in [-0.25, -0.2) is 8.42 Å². The lowest BCUT2D eigenvalue weighted by Crippen LogP contribution is -2.28. The second-order valence-electron chi connectivity index (χ2n) is 7.27. The molecule has 1 aliphatic rings. The van der Waals surface area contributed by atoms with Gasteiger partial charge in [-0.1, -0.05) is 36.4 Å². The van der Waals surface area contributed by atoms with Gasteiger partial charge in [-0.2, -0.15) is 0 Å². The van der Waals surface area contributed by atoms with E-state index in [0.29, 0.717) is 24.7 Å². The molecular weight excluding hydrogens is 402 g/mol. The molecule has 0 bridgehead atoms. The summed E-state index contributed by atoms with van der Waals surface area (Å²) in [6, 6.07) is 18.3. The highest BCUT2D eigenvalue weighted by molar-refractivity contribution is 7.91. The summed E-state index contributed by atoms with van der Waals surface area (Å²) in [4.78, 5) is 12.5. The molecule has 7 heteroatoms. The largest absolute Gasteiger partial charge is 0.486 e. The van der Waals surface area contributed by atoms with Crippen molar-refractivity contribution in [2.45, 2.75) is 24.3 Å². The van der Waals surface area contributed by atoms with E-state index in [-0.39, 0.29) is 29.0 Å². The van der Waals surface area contributed by atoms with Crippen molar-refractivity contribution in [3.8, 4) is 11.5 Å². The normalized spacial score (nSPS) is 14.3. The predicted octanol–water partition coefficient (Wildman–Crippen LogP) is 3.65. The summed E-state index contributed by atoms with van der Waals surface area (Å²) in [5, 5.41) is 5.11. The summed E-state index contributed by atoms with van der Waals surface area (Å²) in [7, 11) is -3.61. The lowest BCUT2D eigenvalue weighted by atomic mass is 10.0. The highest BCUT2D eigenvalue weighted by Gasteiger charge is 2.21. The number of carbonyl (C=O) groups is 1. The van der Waals surface area contributed by atoms with Crippen molar-refractivity contribution in [1.82, 2.24) is 5.32 Å². The predicted molar refractivity (Wildman–Crippen MR) is 115 cm³/mol. The molecular formula is C23H23NO5S. The number of rotatable bonds is 6. The van der Waals surface area contributed by atoms with E-state index in [0.717, 1.165) is 16.3 Å². The molecule has 156 valence electrons. The number of hydrogen-bond acceptors (Lipinski definition) is 5. The average molecular weight is 426 g/mol. The molecule has 0 aromatic heterocycles. The van der Waals surface area contributed by atoms with Gasteiger partial charge in [0, 0.05) is 12.5 Å². The number of nitrogens with one attached hydrogen (secondary N) is 1. The standard InChI is InChI=1S/C23H23NO5S/c1-16(18-7-6-17-4-2-3-5-19(17)14-18)24-23(25)10-13-30(26,27)20-8-9-21-22(15-20)29-12-11-28-21/h2-9,14-16H,10-13H2,1H3,(H,24,25). The Kier molecular flexibility index (Phi) is 5.63. The van der Waals surface area contributed by atoms with E-state index in [1.807, 2.05) is 49.4 Å². The van der Waals surface area contributed by atoms with Crippen LogP contribution in [0, 0.1) is 0 Å². The molecule has 0 fully saturated rings. The summed E-state index contributed by atoms with van der Waals surface area (Å²) in [6.45, 7) is 2.71. The quantitative estimate of drug-likeness (QED) is 0.652. The van der Waals surface area contributed by atoms with Gasteiger partial charge in [0.2, 0.25) is 5.91 Å². The highest BCUT2D eigenvalue weighted by atomic mass is 32.2. The molecule has 6 nitrogen and oxygen atoms in total. The monoisotopic (exact) mass is 425 g/mol. The third-order valence-corrected chi connectivity index (χ3v) is 6.84. The summed E-state index contributed by atoms with van der Waals surface area (Å²) in [5.41, 5.74) is 0.969. The Morgan fingerprint density at radius 1 is 0.967 bits per heavy atom. The van der Waals surface area contributed by atoms with Gasteiger partial charge in [0.25, 0.3) is 0 Å². The smallest absolute Gasteiger partial charge is 0.221 e. The van der Waals surface area contributed by atoms with Crippen LogP contribution in [0.4, 0.5) is 0 Å². The maximum atomic E-state index is 12.6. The van der Waals surface area contributed by atoms with E-state index < -0.39 is 9.84 Å². The number of carbonyl (C=O) groups excluding carboxylic acids is 1. The van der Waals surface area contributed by atoms with Crippen molar-refractivity contribution in [2.75, 3.05) is 19.0 Å². The van der Waals surface area contributed by atoms with Crippen LogP contribution >= 0.6 is 0 Å². The van der Waals surface area contributed by atoms with Crippen LogP contribution in [-0.4, -0.2) is 33.3 Å². The molecule has 1 amide bonds. The fourth-order valence-electron chi connectivity index (χ4n) is 3.44. The van der Waals surface area contributed by atoms with Gasteiger partial charge in [-0.15, -0.1) is 0 Å². The van der Waals surface area contributed by atoms with E-state index in [9.17, 15) is 13.2 Å². The van der Waals surface area contributed by atoms with Crippen molar-refractivity contribution < 1.29 is 22.7 Å². The van der Waals surface area contributed by atoms with Gasteiger partial charge in [-0.05, 0) is 41.5 Å². The molecule has 1 atom stereocenters. The lowest BCUT2D eigenvalue weighted by molar-refractivity contribution is -0.121. The van der Waals surface area contributed by atoms with Crippen molar-refractivity contribution in [3.05, 3.63) is 66.2 Å². The molecule has 4 rings (SSSR count). The number of amides is 1. The second kappa shape index (κ2) is 8.36. The van der Waals surface area contributed by atoms with Gasteiger partial charge in [0.15, 0.2) is 21.3 Å². The number of ether oxygens (including phenoxy) is 2. The molecule has 1 heterocycles. The van der Waals surface area contributed by atoms with Gasteiger partial charge < -0.3 is 14.8 Å². The fourth-order valence-corrected chi connectivity index (χ4v) is 4.69. The minimum absolute atomic E-state index is 0.116. The topological polar surface area (TPSA) is 81.7 Å². The van der Waals surface area contributed by atoms with Crippen molar-refractivity contribution >= 4 is 26.5 Å². The third kappa shape index (κ3) is 4.41. The average Bonchev–Trinajstić information content (AvgIpc) is 2.77. The molecule has 1 unspecified atom stereocenters. The van der Waals surface area contributed by atoms with Gasteiger partial charge in [0.1, 0.15) is 13.2 Å². The van der Waals surface area contributed by atoms with Gasteiger partial charge in [0.05, 0.1) is 16.7 Å². The fraction of sp³-hybridized carbons (Fsp3) is 0.261. The zero-order valence-corrected chi connectivity index (χ0v) is 17.4. The lowest BCUT2D eigenvalue weighted by Gasteiger charge is -2.19. The van der Waals surface area contributed by atoms with Crippen LogP contribution in [0.1, 0.15) is 24.9 Å². The van der Waals surface area contributed by atoms with Crippen molar-refractivity contribution in [3.63, 3.8) is 0 Å². The van der Waals surface area contributed by atoms with Crippen LogP contribution in [0.25, 0.3) is 10.8 Å². The summed E-state index contributed by atoms with van der Waals surface area (Å²) < 4.78 is 36.2. The first-order chi connectivity index (χ1) is 14.4. The molecule has 3 aromatic carbocycles. The molecule has 1 aliphatic heterocycles. The van der Waals surface area contributed by atoms with E-state index >= 15 is 0 Å². The van der Waals surface area contributed by atoms with E-state index in [4.69, 9.17) is 9.47 Å². The minimum atomic E-state index is -3.61. The Bertz CT molecular complexity index is 1190. The second-order valence-corrected chi connectivity index (χ2v) is 9.38. The van der Waals surface area contributed by atoms with Gasteiger partial charge >= 0.3 is 0 Å². The van der Waals surface area contributed by atoms with Crippen molar-refractivity contribution in [1.29, 1.82) is 0 Å². The maximum absolute atomic E-state index is 12.6.